The van der Waals surface area contributed by atoms with E-state index in [9.17, 15) is 9.90 Å². The fraction of sp³-hybridized carbons (Fsp3) is 0.462. The average Bonchev–Trinajstić information content (AvgIpc) is 2.53. The molecule has 0 radical (unpaired) electrons. The summed E-state index contributed by atoms with van der Waals surface area (Å²) in [5.41, 5.74) is 1.63. The molecule has 0 aliphatic carbocycles. The minimum Gasteiger partial charge on any atom is -0.389 e. The summed E-state index contributed by atoms with van der Waals surface area (Å²) in [5, 5.41) is 12.9. The van der Waals surface area contributed by atoms with Crippen molar-refractivity contribution in [3.05, 3.63) is 28.8 Å². The van der Waals surface area contributed by atoms with E-state index in [0.717, 1.165) is 24.2 Å². The van der Waals surface area contributed by atoms with Gasteiger partial charge < -0.3 is 15.3 Å². The number of halogens is 1. The lowest BCUT2D eigenvalue weighted by atomic mass is 10.1. The van der Waals surface area contributed by atoms with Gasteiger partial charge in [-0.25, -0.2) is 0 Å². The van der Waals surface area contributed by atoms with Crippen molar-refractivity contribution < 1.29 is 9.90 Å². The highest BCUT2D eigenvalue weighted by atomic mass is 35.5. The van der Waals surface area contributed by atoms with Crippen LogP contribution in [-0.4, -0.2) is 30.6 Å². The molecule has 1 atom stereocenters. The number of hydrogen-bond donors (Lipinski definition) is 2. The summed E-state index contributed by atoms with van der Waals surface area (Å²) in [4.78, 5) is 13.5. The van der Waals surface area contributed by atoms with Crippen LogP contribution in [0.3, 0.4) is 0 Å². The van der Waals surface area contributed by atoms with Crippen molar-refractivity contribution in [3.8, 4) is 0 Å². The molecule has 1 aliphatic rings. The zero-order chi connectivity index (χ0) is 13.1. The van der Waals surface area contributed by atoms with E-state index in [4.69, 9.17) is 11.6 Å². The molecule has 1 saturated heterocycles. The fourth-order valence-electron chi connectivity index (χ4n) is 2.05. The molecule has 1 fully saturated rings. The molecule has 0 spiro atoms. The van der Waals surface area contributed by atoms with Crippen LogP contribution in [0.15, 0.2) is 18.2 Å². The number of carbonyl (C=O) groups excluding carboxylic acids is 1. The van der Waals surface area contributed by atoms with Crippen molar-refractivity contribution in [2.24, 2.45) is 0 Å². The Morgan fingerprint density at radius 1 is 1.50 bits per heavy atom. The van der Waals surface area contributed by atoms with Crippen molar-refractivity contribution in [1.29, 1.82) is 0 Å². The van der Waals surface area contributed by atoms with Crippen LogP contribution in [-0.2, 0) is 4.79 Å². The van der Waals surface area contributed by atoms with Crippen LogP contribution in [0, 0.1) is 0 Å². The Balaban J connectivity index is 2.24. The Bertz CT molecular complexity index is 449. The van der Waals surface area contributed by atoms with Crippen LogP contribution in [0.4, 0.5) is 5.69 Å². The van der Waals surface area contributed by atoms with Gasteiger partial charge in [0.25, 0.3) is 0 Å². The molecule has 1 heterocycles. The number of nitrogens with one attached hydrogen (secondary N) is 1. The number of aliphatic hydroxyl groups is 1. The number of rotatable bonds is 2. The summed E-state index contributed by atoms with van der Waals surface area (Å²) >= 11 is 6.22. The molecule has 1 aromatic carbocycles. The van der Waals surface area contributed by atoms with Crippen molar-refractivity contribution in [2.45, 2.75) is 19.4 Å². The van der Waals surface area contributed by atoms with Gasteiger partial charge in [-0.15, -0.1) is 0 Å². The predicted octanol–water partition coefficient (Wildman–Crippen LogP) is 1.72. The number of benzene rings is 1. The molecule has 2 N–H and O–H groups in total. The molecule has 98 valence electrons. The molecule has 1 aliphatic heterocycles. The second kappa shape index (κ2) is 5.59. The summed E-state index contributed by atoms with van der Waals surface area (Å²) in [5.74, 6) is 0.0168. The third-order valence-electron chi connectivity index (χ3n) is 3.06. The Morgan fingerprint density at radius 2 is 2.28 bits per heavy atom. The van der Waals surface area contributed by atoms with Crippen molar-refractivity contribution >= 4 is 23.2 Å². The lowest BCUT2D eigenvalue weighted by Crippen LogP contribution is -2.33. The highest BCUT2D eigenvalue weighted by Gasteiger charge is 2.17. The number of nitrogens with zero attached hydrogens (tertiary/aromatic N) is 1. The van der Waals surface area contributed by atoms with Crippen LogP contribution < -0.4 is 10.2 Å². The smallest absolute Gasteiger partial charge is 0.239 e. The monoisotopic (exact) mass is 268 g/mol. The van der Waals surface area contributed by atoms with Gasteiger partial charge in [0.15, 0.2) is 0 Å². The third-order valence-corrected chi connectivity index (χ3v) is 3.36. The summed E-state index contributed by atoms with van der Waals surface area (Å²) in [7, 11) is 0. The summed E-state index contributed by atoms with van der Waals surface area (Å²) in [6.45, 7) is 3.53. The molecule has 1 aromatic rings. The van der Waals surface area contributed by atoms with E-state index in [0.29, 0.717) is 18.1 Å². The number of aliphatic hydroxyl groups excluding tert-OH is 1. The zero-order valence-electron chi connectivity index (χ0n) is 10.3. The first-order chi connectivity index (χ1) is 8.58. The molecular weight excluding hydrogens is 252 g/mol. The van der Waals surface area contributed by atoms with E-state index < -0.39 is 6.10 Å². The standard InChI is InChI=1S/C13H17ClN2O2/c1-9(17)10-3-4-12(11(14)7-10)16-6-2-5-15-13(18)8-16/h3-4,7,9,17H,2,5-6,8H2,1H3,(H,15,18). The summed E-state index contributed by atoms with van der Waals surface area (Å²) in [6.07, 6.45) is 0.365. The first-order valence-electron chi connectivity index (χ1n) is 6.07. The fourth-order valence-corrected chi connectivity index (χ4v) is 2.36. The third kappa shape index (κ3) is 2.94. The molecule has 0 aromatic heterocycles. The van der Waals surface area contributed by atoms with Crippen LogP contribution in [0.2, 0.25) is 5.02 Å². The Hall–Kier alpha value is -1.26. The van der Waals surface area contributed by atoms with Crippen molar-refractivity contribution in [2.75, 3.05) is 24.5 Å². The van der Waals surface area contributed by atoms with E-state index in [2.05, 4.69) is 5.32 Å². The molecule has 0 bridgehead atoms. The molecule has 18 heavy (non-hydrogen) atoms. The molecule has 1 unspecified atom stereocenters. The quantitative estimate of drug-likeness (QED) is 0.859. The maximum atomic E-state index is 11.5. The topological polar surface area (TPSA) is 52.6 Å². The van der Waals surface area contributed by atoms with Gasteiger partial charge >= 0.3 is 0 Å². The normalized spacial score (nSPS) is 18.2. The Labute approximate surface area is 112 Å². The molecule has 0 saturated carbocycles. The Morgan fingerprint density at radius 3 is 2.94 bits per heavy atom. The predicted molar refractivity (Wildman–Crippen MR) is 71.9 cm³/mol. The van der Waals surface area contributed by atoms with Gasteiger partial charge in [-0.3, -0.25) is 4.79 Å². The van der Waals surface area contributed by atoms with Gasteiger partial charge in [-0.2, -0.15) is 0 Å². The van der Waals surface area contributed by atoms with E-state index in [1.165, 1.54) is 0 Å². The van der Waals surface area contributed by atoms with E-state index in [-0.39, 0.29) is 5.91 Å². The molecule has 1 amide bonds. The zero-order valence-corrected chi connectivity index (χ0v) is 11.1. The van der Waals surface area contributed by atoms with Gasteiger partial charge in [-0.05, 0) is 31.0 Å². The lowest BCUT2D eigenvalue weighted by Gasteiger charge is -2.23. The lowest BCUT2D eigenvalue weighted by molar-refractivity contribution is -0.119. The number of amides is 1. The number of anilines is 1. The molecule has 4 nitrogen and oxygen atoms in total. The van der Waals surface area contributed by atoms with Gasteiger partial charge in [0, 0.05) is 13.1 Å². The van der Waals surface area contributed by atoms with Gasteiger partial charge in [-0.1, -0.05) is 17.7 Å². The van der Waals surface area contributed by atoms with Crippen molar-refractivity contribution in [3.63, 3.8) is 0 Å². The van der Waals surface area contributed by atoms with Gasteiger partial charge in [0.05, 0.1) is 23.4 Å². The summed E-state index contributed by atoms with van der Waals surface area (Å²) < 4.78 is 0. The van der Waals surface area contributed by atoms with E-state index in [1.807, 2.05) is 17.0 Å². The van der Waals surface area contributed by atoms with Gasteiger partial charge in [0.2, 0.25) is 5.91 Å². The average molecular weight is 269 g/mol. The van der Waals surface area contributed by atoms with Gasteiger partial charge in [0.1, 0.15) is 0 Å². The maximum absolute atomic E-state index is 11.5. The minimum absolute atomic E-state index is 0.0168. The minimum atomic E-state index is -0.538. The largest absolute Gasteiger partial charge is 0.389 e. The highest BCUT2D eigenvalue weighted by Crippen LogP contribution is 2.29. The van der Waals surface area contributed by atoms with Crippen LogP contribution >= 0.6 is 11.6 Å². The highest BCUT2D eigenvalue weighted by molar-refractivity contribution is 6.33. The number of carbonyl (C=O) groups is 1. The first kappa shape index (κ1) is 13.2. The second-order valence-electron chi connectivity index (χ2n) is 4.51. The second-order valence-corrected chi connectivity index (χ2v) is 4.92. The summed E-state index contributed by atoms with van der Waals surface area (Å²) in [6, 6.07) is 5.46. The SMILES string of the molecule is CC(O)c1ccc(N2CCCNC(=O)C2)c(Cl)c1. The van der Waals surface area contributed by atoms with Crippen LogP contribution in [0.25, 0.3) is 0 Å². The van der Waals surface area contributed by atoms with Crippen molar-refractivity contribution in [1.82, 2.24) is 5.32 Å². The molecule has 2 rings (SSSR count). The first-order valence-corrected chi connectivity index (χ1v) is 6.45. The molecule has 5 heteroatoms. The number of hydrogen-bond acceptors (Lipinski definition) is 3. The maximum Gasteiger partial charge on any atom is 0.239 e. The van der Waals surface area contributed by atoms with Crippen LogP contribution in [0.5, 0.6) is 0 Å². The van der Waals surface area contributed by atoms with Crippen LogP contribution in [0.1, 0.15) is 25.0 Å². The van der Waals surface area contributed by atoms with E-state index in [1.54, 1.807) is 13.0 Å². The van der Waals surface area contributed by atoms with E-state index >= 15 is 0 Å². The molecular formula is C13H17ClN2O2. The Kier molecular flexibility index (Phi) is 4.09.